The van der Waals surface area contributed by atoms with Gasteiger partial charge < -0.3 is 4.90 Å². The summed E-state index contributed by atoms with van der Waals surface area (Å²) in [7, 11) is 3.93. The molecule has 0 radical (unpaired) electrons. The van der Waals surface area contributed by atoms with Gasteiger partial charge in [-0.3, -0.25) is 24.2 Å². The molecule has 3 rings (SSSR count). The van der Waals surface area contributed by atoms with E-state index in [1.807, 2.05) is 31.1 Å². The molecule has 1 aromatic carbocycles. The molecule has 0 saturated carbocycles. The van der Waals surface area contributed by atoms with E-state index in [0.29, 0.717) is 16.7 Å². The maximum absolute atomic E-state index is 12.9. The Bertz CT molecular complexity index is 871. The Balaban J connectivity index is 0.00000280. The summed E-state index contributed by atoms with van der Waals surface area (Å²) >= 11 is 7.42. The van der Waals surface area contributed by atoms with E-state index in [4.69, 9.17) is 11.6 Å². The van der Waals surface area contributed by atoms with Gasteiger partial charge in [0.05, 0.1) is 10.2 Å². The summed E-state index contributed by atoms with van der Waals surface area (Å²) in [5.74, 6) is -0.891. The first kappa shape index (κ1) is 22.5. The molecular weight excluding hydrogens is 423 g/mol. The van der Waals surface area contributed by atoms with Crippen LogP contribution in [0.3, 0.4) is 0 Å². The number of benzene rings is 1. The van der Waals surface area contributed by atoms with Gasteiger partial charge in [0.2, 0.25) is 17.7 Å². The predicted molar refractivity (Wildman–Crippen MR) is 113 cm³/mol. The summed E-state index contributed by atoms with van der Waals surface area (Å²) in [6, 6.07) is 5.38. The highest BCUT2D eigenvalue weighted by molar-refractivity contribution is 7.22. The summed E-state index contributed by atoms with van der Waals surface area (Å²) in [6.45, 7) is 1.03. The lowest BCUT2D eigenvalue weighted by Crippen LogP contribution is -2.43. The minimum atomic E-state index is -0.303. The smallest absolute Gasteiger partial charge is 0.248 e. The van der Waals surface area contributed by atoms with Gasteiger partial charge in [0, 0.05) is 24.4 Å². The van der Waals surface area contributed by atoms with Crippen LogP contribution in [0.15, 0.2) is 18.2 Å². The van der Waals surface area contributed by atoms with E-state index in [0.717, 1.165) is 28.1 Å². The molecule has 2 aromatic rings. The molecule has 0 spiro atoms. The van der Waals surface area contributed by atoms with Crippen molar-refractivity contribution in [1.82, 2.24) is 14.8 Å². The molecule has 1 aliphatic heterocycles. The second kappa shape index (κ2) is 9.65. The zero-order valence-electron chi connectivity index (χ0n) is 15.7. The quantitative estimate of drug-likeness (QED) is 0.613. The number of aromatic nitrogens is 1. The molecule has 0 unspecified atom stereocenters. The van der Waals surface area contributed by atoms with Gasteiger partial charge in [0.25, 0.3) is 0 Å². The first-order valence-electron chi connectivity index (χ1n) is 8.69. The topological polar surface area (TPSA) is 73.8 Å². The van der Waals surface area contributed by atoms with Crippen LogP contribution in [0.2, 0.25) is 5.02 Å². The number of likely N-dealkylation sites (tertiary alicyclic amines) is 1. The van der Waals surface area contributed by atoms with E-state index in [2.05, 4.69) is 4.98 Å². The number of carbonyl (C=O) groups is 3. The average Bonchev–Trinajstić information content (AvgIpc) is 3.15. The number of hydrogen-bond donors (Lipinski definition) is 0. The van der Waals surface area contributed by atoms with Gasteiger partial charge in [-0.05, 0) is 45.3 Å². The fourth-order valence-electron chi connectivity index (χ4n) is 2.89. The third-order valence-corrected chi connectivity index (χ3v) is 5.58. The number of amides is 3. The lowest BCUT2D eigenvalue weighted by atomic mass is 10.3. The molecule has 3 amide bonds. The molecule has 1 fully saturated rings. The molecule has 7 nitrogen and oxygen atoms in total. The second-order valence-electron chi connectivity index (χ2n) is 6.68. The lowest BCUT2D eigenvalue weighted by molar-refractivity contribution is -0.141. The minimum Gasteiger partial charge on any atom is -0.309 e. The molecule has 1 aromatic heterocycles. The van der Waals surface area contributed by atoms with E-state index >= 15 is 0 Å². The van der Waals surface area contributed by atoms with Gasteiger partial charge in [-0.2, -0.15) is 0 Å². The Labute approximate surface area is 178 Å². The van der Waals surface area contributed by atoms with Crippen molar-refractivity contribution in [3.63, 3.8) is 0 Å². The largest absolute Gasteiger partial charge is 0.309 e. The van der Waals surface area contributed by atoms with Crippen molar-refractivity contribution in [3.05, 3.63) is 23.2 Å². The van der Waals surface area contributed by atoms with E-state index in [1.54, 1.807) is 11.0 Å². The number of anilines is 1. The van der Waals surface area contributed by atoms with Gasteiger partial charge in [-0.1, -0.05) is 22.9 Å². The summed E-state index contributed by atoms with van der Waals surface area (Å²) in [5, 5.41) is 1.16. The van der Waals surface area contributed by atoms with E-state index in [-0.39, 0.29) is 49.5 Å². The predicted octanol–water partition coefficient (Wildman–Crippen LogP) is 2.81. The Morgan fingerprint density at radius 3 is 2.54 bits per heavy atom. The SMILES string of the molecule is CN(C)CCCN(C(=O)CN1C(=O)CCC1=O)c1nc2ccc(Cl)cc2s1.Cl. The maximum atomic E-state index is 12.9. The van der Waals surface area contributed by atoms with Crippen molar-refractivity contribution in [2.24, 2.45) is 0 Å². The minimum absolute atomic E-state index is 0. The van der Waals surface area contributed by atoms with Crippen LogP contribution < -0.4 is 4.90 Å². The van der Waals surface area contributed by atoms with Crippen molar-refractivity contribution >= 4 is 68.4 Å². The number of thiazole rings is 1. The highest BCUT2D eigenvalue weighted by Crippen LogP contribution is 2.31. The van der Waals surface area contributed by atoms with E-state index in [1.165, 1.54) is 11.3 Å². The van der Waals surface area contributed by atoms with Crippen LogP contribution in [0, 0.1) is 0 Å². The lowest BCUT2D eigenvalue weighted by Gasteiger charge is -2.23. The first-order chi connectivity index (χ1) is 12.8. The molecule has 0 atom stereocenters. The highest BCUT2D eigenvalue weighted by atomic mass is 35.5. The van der Waals surface area contributed by atoms with Gasteiger partial charge in [0.15, 0.2) is 5.13 Å². The molecule has 0 aliphatic carbocycles. The summed E-state index contributed by atoms with van der Waals surface area (Å²) in [4.78, 5) is 45.8. The molecule has 152 valence electrons. The van der Waals surface area contributed by atoms with Crippen molar-refractivity contribution in [3.8, 4) is 0 Å². The summed E-state index contributed by atoms with van der Waals surface area (Å²) in [6.07, 6.45) is 1.09. The van der Waals surface area contributed by atoms with Crippen molar-refractivity contribution in [2.75, 3.05) is 38.6 Å². The molecule has 10 heteroatoms. The molecule has 0 bridgehead atoms. The van der Waals surface area contributed by atoms with Gasteiger partial charge in [-0.15, -0.1) is 12.4 Å². The number of imide groups is 1. The maximum Gasteiger partial charge on any atom is 0.248 e. The number of nitrogens with zero attached hydrogens (tertiary/aromatic N) is 4. The first-order valence-corrected chi connectivity index (χ1v) is 9.89. The number of carbonyl (C=O) groups excluding carboxylic acids is 3. The fourth-order valence-corrected chi connectivity index (χ4v) is 4.18. The number of fused-ring (bicyclic) bond motifs is 1. The van der Waals surface area contributed by atoms with Crippen molar-refractivity contribution in [1.29, 1.82) is 0 Å². The van der Waals surface area contributed by atoms with E-state index in [9.17, 15) is 14.4 Å². The number of hydrogen-bond acceptors (Lipinski definition) is 6. The third kappa shape index (κ3) is 5.20. The van der Waals surface area contributed by atoms with Crippen LogP contribution in [0.4, 0.5) is 5.13 Å². The monoisotopic (exact) mass is 444 g/mol. The molecule has 0 N–H and O–H groups in total. The Morgan fingerprint density at radius 1 is 1.21 bits per heavy atom. The highest BCUT2D eigenvalue weighted by Gasteiger charge is 2.32. The number of rotatable bonds is 7. The van der Waals surface area contributed by atoms with Crippen LogP contribution in [0.5, 0.6) is 0 Å². The van der Waals surface area contributed by atoms with Crippen LogP contribution in [-0.4, -0.2) is 66.2 Å². The fraction of sp³-hybridized carbons (Fsp3) is 0.444. The number of halogens is 2. The molecule has 1 aliphatic rings. The third-order valence-electron chi connectivity index (χ3n) is 4.31. The molecule has 28 heavy (non-hydrogen) atoms. The van der Waals surface area contributed by atoms with Crippen LogP contribution in [-0.2, 0) is 14.4 Å². The van der Waals surface area contributed by atoms with Gasteiger partial charge in [-0.25, -0.2) is 4.98 Å². The molecular formula is C18H22Cl2N4O3S. The van der Waals surface area contributed by atoms with Crippen LogP contribution in [0.1, 0.15) is 19.3 Å². The Kier molecular flexibility index (Phi) is 7.77. The van der Waals surface area contributed by atoms with Crippen molar-refractivity contribution in [2.45, 2.75) is 19.3 Å². The average molecular weight is 445 g/mol. The normalized spacial score (nSPS) is 14.1. The van der Waals surface area contributed by atoms with E-state index < -0.39 is 0 Å². The van der Waals surface area contributed by atoms with Crippen molar-refractivity contribution < 1.29 is 14.4 Å². The van der Waals surface area contributed by atoms with Crippen LogP contribution in [0.25, 0.3) is 10.2 Å². The van der Waals surface area contributed by atoms with Gasteiger partial charge >= 0.3 is 0 Å². The Hall–Kier alpha value is -1.74. The van der Waals surface area contributed by atoms with Gasteiger partial charge in [0.1, 0.15) is 6.54 Å². The Morgan fingerprint density at radius 2 is 1.89 bits per heavy atom. The summed E-state index contributed by atoms with van der Waals surface area (Å²) < 4.78 is 0.885. The zero-order chi connectivity index (χ0) is 19.6. The standard InChI is InChI=1S/C18H21ClN4O3S.ClH/c1-21(2)8-3-9-22(17(26)11-23-15(24)6-7-16(23)25)18-20-13-5-4-12(19)10-14(13)27-18;/h4-5,10H,3,6-9,11H2,1-2H3;1H. The molecule has 2 heterocycles. The summed E-state index contributed by atoms with van der Waals surface area (Å²) in [5.41, 5.74) is 0.762. The molecule has 1 saturated heterocycles. The zero-order valence-corrected chi connectivity index (χ0v) is 18.1. The second-order valence-corrected chi connectivity index (χ2v) is 8.13. The van der Waals surface area contributed by atoms with Crippen LogP contribution >= 0.6 is 35.3 Å².